The number of methoxy groups -OCH3 is 1. The topological polar surface area (TPSA) is 71.6 Å². The van der Waals surface area contributed by atoms with Crippen LogP contribution in [0.5, 0.6) is 5.75 Å². The Labute approximate surface area is 175 Å². The third-order valence-electron chi connectivity index (χ3n) is 5.39. The molecule has 2 heterocycles. The van der Waals surface area contributed by atoms with E-state index >= 15 is 0 Å². The Bertz CT molecular complexity index is 1140. The molecule has 0 aliphatic carbocycles. The first-order valence-corrected chi connectivity index (χ1v) is 9.97. The minimum atomic E-state index is -0.436. The fourth-order valence-electron chi connectivity index (χ4n) is 3.83. The molecule has 154 valence electrons. The van der Waals surface area contributed by atoms with E-state index in [9.17, 15) is 9.59 Å². The molecule has 1 amide bonds. The van der Waals surface area contributed by atoms with Gasteiger partial charge in [0.25, 0.3) is 0 Å². The number of amides is 1. The highest BCUT2D eigenvalue weighted by atomic mass is 16.5. The number of nitrogens with one attached hydrogen (secondary N) is 1. The summed E-state index contributed by atoms with van der Waals surface area (Å²) >= 11 is 0. The number of hydrogen-bond acceptors (Lipinski definition) is 4. The van der Waals surface area contributed by atoms with Crippen molar-refractivity contribution in [3.05, 3.63) is 59.9 Å². The Hall–Kier alpha value is -3.54. The SMILES string of the molecule is CCOC(=O)C1=CN(C(C)=O)CCc2c1[nH]c1ccc(-c3ccc(OC)cc3)cc21. The van der Waals surface area contributed by atoms with Gasteiger partial charge in [-0.3, -0.25) is 4.79 Å². The van der Waals surface area contributed by atoms with Gasteiger partial charge in [-0.05, 0) is 54.3 Å². The molecule has 1 aliphatic heterocycles. The Kier molecular flexibility index (Phi) is 5.31. The second kappa shape index (κ2) is 8.06. The number of hydrogen-bond donors (Lipinski definition) is 1. The van der Waals surface area contributed by atoms with Gasteiger partial charge in [-0.25, -0.2) is 4.79 Å². The van der Waals surface area contributed by atoms with Gasteiger partial charge in [0.15, 0.2) is 0 Å². The molecule has 6 nitrogen and oxygen atoms in total. The molecule has 0 fully saturated rings. The summed E-state index contributed by atoms with van der Waals surface area (Å²) in [7, 11) is 1.65. The van der Waals surface area contributed by atoms with E-state index in [1.165, 1.54) is 6.92 Å². The van der Waals surface area contributed by atoms with Crippen molar-refractivity contribution in [1.82, 2.24) is 9.88 Å². The molecule has 0 radical (unpaired) electrons. The largest absolute Gasteiger partial charge is 0.497 e. The van der Waals surface area contributed by atoms with Crippen LogP contribution in [0, 0.1) is 0 Å². The summed E-state index contributed by atoms with van der Waals surface area (Å²) in [5.41, 5.74) is 5.21. The quantitative estimate of drug-likeness (QED) is 0.663. The number of ether oxygens (including phenoxy) is 2. The van der Waals surface area contributed by atoms with Gasteiger partial charge < -0.3 is 19.4 Å². The first-order chi connectivity index (χ1) is 14.5. The number of H-pyrrole nitrogens is 1. The third kappa shape index (κ3) is 3.56. The summed E-state index contributed by atoms with van der Waals surface area (Å²) in [4.78, 5) is 29.6. The van der Waals surface area contributed by atoms with Crippen molar-refractivity contribution in [3.8, 4) is 16.9 Å². The molecule has 0 atom stereocenters. The van der Waals surface area contributed by atoms with Crippen LogP contribution in [0.25, 0.3) is 27.6 Å². The first kappa shape index (κ1) is 19.8. The van der Waals surface area contributed by atoms with Crippen molar-refractivity contribution in [1.29, 1.82) is 0 Å². The van der Waals surface area contributed by atoms with E-state index < -0.39 is 5.97 Å². The van der Waals surface area contributed by atoms with Crippen LogP contribution in [0.4, 0.5) is 0 Å². The Morgan fingerprint density at radius 1 is 1.10 bits per heavy atom. The molecule has 3 aromatic rings. The smallest absolute Gasteiger partial charge is 0.341 e. The number of aromatic amines is 1. The minimum absolute atomic E-state index is 0.106. The van der Waals surface area contributed by atoms with Crippen LogP contribution in [-0.2, 0) is 20.7 Å². The van der Waals surface area contributed by atoms with E-state index in [1.54, 1.807) is 25.1 Å². The average Bonchev–Trinajstić information content (AvgIpc) is 2.99. The lowest BCUT2D eigenvalue weighted by molar-refractivity contribution is -0.136. The number of fused-ring (bicyclic) bond motifs is 3. The third-order valence-corrected chi connectivity index (χ3v) is 5.39. The van der Waals surface area contributed by atoms with Crippen LogP contribution in [-0.4, -0.2) is 42.0 Å². The van der Waals surface area contributed by atoms with E-state index in [0.717, 1.165) is 39.0 Å². The summed E-state index contributed by atoms with van der Waals surface area (Å²) < 4.78 is 10.5. The lowest BCUT2D eigenvalue weighted by Crippen LogP contribution is -2.25. The Morgan fingerprint density at radius 2 is 1.83 bits per heavy atom. The second-order valence-electron chi connectivity index (χ2n) is 7.19. The fraction of sp³-hybridized carbons (Fsp3) is 0.250. The summed E-state index contributed by atoms with van der Waals surface area (Å²) in [5.74, 6) is 0.267. The molecule has 0 saturated heterocycles. The number of benzene rings is 2. The molecule has 1 N–H and O–H groups in total. The fourth-order valence-corrected chi connectivity index (χ4v) is 3.83. The van der Waals surface area contributed by atoms with Crippen LogP contribution in [0.1, 0.15) is 25.1 Å². The van der Waals surface area contributed by atoms with Crippen molar-refractivity contribution < 1.29 is 19.1 Å². The molecule has 6 heteroatoms. The van der Waals surface area contributed by atoms with Gasteiger partial charge in [0.2, 0.25) is 5.91 Å². The minimum Gasteiger partial charge on any atom is -0.497 e. The highest BCUT2D eigenvalue weighted by Crippen LogP contribution is 2.34. The lowest BCUT2D eigenvalue weighted by Gasteiger charge is -2.15. The lowest BCUT2D eigenvalue weighted by atomic mass is 9.99. The van der Waals surface area contributed by atoms with Gasteiger partial charge in [0, 0.05) is 30.6 Å². The molecular weight excluding hydrogens is 380 g/mol. The molecular formula is C24H24N2O4. The van der Waals surface area contributed by atoms with Crippen LogP contribution in [0.3, 0.4) is 0 Å². The number of carbonyl (C=O) groups excluding carboxylic acids is 2. The second-order valence-corrected chi connectivity index (χ2v) is 7.19. The highest BCUT2D eigenvalue weighted by Gasteiger charge is 2.26. The summed E-state index contributed by atoms with van der Waals surface area (Å²) in [5, 5.41) is 1.04. The van der Waals surface area contributed by atoms with Gasteiger partial charge in [-0.2, -0.15) is 0 Å². The van der Waals surface area contributed by atoms with Gasteiger partial charge >= 0.3 is 5.97 Å². The molecule has 2 aromatic carbocycles. The zero-order valence-corrected chi connectivity index (χ0v) is 17.3. The van der Waals surface area contributed by atoms with Crippen LogP contribution in [0.2, 0.25) is 0 Å². The standard InChI is InChI=1S/C24H24N2O4/c1-4-30-24(28)21-14-26(15(2)27)12-11-19-20-13-17(7-10-22(20)25-23(19)21)16-5-8-18(29-3)9-6-16/h5-10,13-14,25H,4,11-12H2,1-3H3. The van der Waals surface area contributed by atoms with Gasteiger partial charge in [-0.15, -0.1) is 0 Å². The monoisotopic (exact) mass is 404 g/mol. The molecule has 30 heavy (non-hydrogen) atoms. The number of rotatable bonds is 4. The molecule has 0 saturated carbocycles. The van der Waals surface area contributed by atoms with E-state index in [1.807, 2.05) is 30.3 Å². The summed E-state index contributed by atoms with van der Waals surface area (Å²) in [6.45, 7) is 4.04. The molecule has 4 rings (SSSR count). The van der Waals surface area contributed by atoms with Crippen molar-refractivity contribution in [3.63, 3.8) is 0 Å². The molecule has 0 bridgehead atoms. The Morgan fingerprint density at radius 3 is 2.50 bits per heavy atom. The number of nitrogens with zero attached hydrogens (tertiary/aromatic N) is 1. The predicted octanol–water partition coefficient (Wildman–Crippen LogP) is 4.15. The van der Waals surface area contributed by atoms with Crippen LogP contribution < -0.4 is 4.74 Å². The predicted molar refractivity (Wildman–Crippen MR) is 116 cm³/mol. The zero-order valence-electron chi connectivity index (χ0n) is 17.3. The van der Waals surface area contributed by atoms with Crippen LogP contribution in [0.15, 0.2) is 48.7 Å². The van der Waals surface area contributed by atoms with E-state index in [0.29, 0.717) is 18.5 Å². The number of aromatic nitrogens is 1. The van der Waals surface area contributed by atoms with Crippen molar-refractivity contribution in [2.45, 2.75) is 20.3 Å². The first-order valence-electron chi connectivity index (χ1n) is 9.97. The van der Waals surface area contributed by atoms with Gasteiger partial charge in [-0.1, -0.05) is 18.2 Å². The summed E-state index contributed by atoms with van der Waals surface area (Å²) in [6, 6.07) is 14.1. The number of carbonyl (C=O) groups is 2. The normalized spacial score (nSPS) is 13.4. The van der Waals surface area contributed by atoms with Crippen molar-refractivity contribution in [2.24, 2.45) is 0 Å². The highest BCUT2D eigenvalue weighted by molar-refractivity contribution is 6.18. The maximum atomic E-state index is 12.6. The molecule has 0 spiro atoms. The van der Waals surface area contributed by atoms with Gasteiger partial charge in [0.1, 0.15) is 5.75 Å². The summed E-state index contributed by atoms with van der Waals surface area (Å²) in [6.07, 6.45) is 2.24. The maximum Gasteiger partial charge on any atom is 0.341 e. The molecule has 0 unspecified atom stereocenters. The maximum absolute atomic E-state index is 12.6. The molecule has 1 aromatic heterocycles. The van der Waals surface area contributed by atoms with E-state index in [-0.39, 0.29) is 12.5 Å². The van der Waals surface area contributed by atoms with Crippen molar-refractivity contribution in [2.75, 3.05) is 20.3 Å². The van der Waals surface area contributed by atoms with Crippen molar-refractivity contribution >= 4 is 28.4 Å². The van der Waals surface area contributed by atoms with E-state index in [4.69, 9.17) is 9.47 Å². The average molecular weight is 404 g/mol. The van der Waals surface area contributed by atoms with Gasteiger partial charge in [0.05, 0.1) is 25.0 Å². The Balaban J connectivity index is 1.82. The zero-order chi connectivity index (χ0) is 21.3. The van der Waals surface area contributed by atoms with E-state index in [2.05, 4.69) is 17.1 Å². The van der Waals surface area contributed by atoms with Crippen LogP contribution >= 0.6 is 0 Å². The number of esters is 1. The molecule has 1 aliphatic rings.